The maximum absolute atomic E-state index is 13.1. The second-order valence-electron chi connectivity index (χ2n) is 8.32. The minimum atomic E-state index is -0.897. The Hall–Kier alpha value is -2.75. The van der Waals surface area contributed by atoms with Gasteiger partial charge < -0.3 is 15.4 Å². The highest BCUT2D eigenvalue weighted by atomic mass is 35.5. The fraction of sp³-hybridized carbons (Fsp3) is 0.409. The zero-order valence-electron chi connectivity index (χ0n) is 18.3. The van der Waals surface area contributed by atoms with Gasteiger partial charge in [0, 0.05) is 25.0 Å². The minimum Gasteiger partial charge on any atom is -0.378 e. The highest BCUT2D eigenvalue weighted by molar-refractivity contribution is 6.35. The molecule has 0 saturated carbocycles. The van der Waals surface area contributed by atoms with Crippen LogP contribution in [0.25, 0.3) is 0 Å². The van der Waals surface area contributed by atoms with Gasteiger partial charge in [0.25, 0.3) is 5.91 Å². The Morgan fingerprint density at radius 2 is 2.18 bits per heavy atom. The summed E-state index contributed by atoms with van der Waals surface area (Å²) in [5, 5.41) is 14.8. The second-order valence-corrected chi connectivity index (χ2v) is 8.70. The van der Waals surface area contributed by atoms with Gasteiger partial charge in [-0.3, -0.25) is 24.9 Å². The van der Waals surface area contributed by atoms with Crippen LogP contribution in [0.4, 0.5) is 5.69 Å². The van der Waals surface area contributed by atoms with Crippen LogP contribution < -0.4 is 10.6 Å². The zero-order valence-corrected chi connectivity index (χ0v) is 19.9. The van der Waals surface area contributed by atoms with Crippen molar-refractivity contribution in [3.8, 4) is 0 Å². The Morgan fingerprint density at radius 1 is 1.39 bits per heavy atom. The number of anilines is 1. The van der Waals surface area contributed by atoms with E-state index in [9.17, 15) is 9.59 Å². The molecule has 0 aliphatic carbocycles. The van der Waals surface area contributed by atoms with Crippen molar-refractivity contribution in [3.05, 3.63) is 53.1 Å². The lowest BCUT2D eigenvalue weighted by Crippen LogP contribution is -2.63. The van der Waals surface area contributed by atoms with Gasteiger partial charge in [-0.1, -0.05) is 23.7 Å². The molecule has 176 valence electrons. The Labute approximate surface area is 203 Å². The van der Waals surface area contributed by atoms with Gasteiger partial charge in [0.1, 0.15) is 5.69 Å². The van der Waals surface area contributed by atoms with E-state index in [0.29, 0.717) is 35.7 Å². The Kier molecular flexibility index (Phi) is 7.56. The topological polar surface area (TPSA) is 120 Å². The van der Waals surface area contributed by atoms with E-state index in [1.54, 1.807) is 18.2 Å². The number of guanidine groups is 1. The fourth-order valence-electron chi connectivity index (χ4n) is 4.29. The van der Waals surface area contributed by atoms with E-state index in [1.807, 2.05) is 13.8 Å². The van der Waals surface area contributed by atoms with Crippen molar-refractivity contribution < 1.29 is 14.3 Å². The molecule has 2 saturated heterocycles. The van der Waals surface area contributed by atoms with Gasteiger partial charge in [0.05, 0.1) is 35.0 Å². The SMILES string of the molecule is C[C@@H]1C[C@H](N2C(=N)N[C@](C)(c3cccc(NC(=O)c4cnccn4)c3Cl)CC2=O)CCO1.Cl. The van der Waals surface area contributed by atoms with Crippen molar-refractivity contribution in [1.82, 2.24) is 20.2 Å². The van der Waals surface area contributed by atoms with Gasteiger partial charge >= 0.3 is 0 Å². The van der Waals surface area contributed by atoms with Crippen LogP contribution in [0.15, 0.2) is 36.8 Å². The zero-order chi connectivity index (χ0) is 22.9. The van der Waals surface area contributed by atoms with Gasteiger partial charge in [0.15, 0.2) is 5.96 Å². The molecule has 2 aliphatic heterocycles. The molecule has 0 bridgehead atoms. The number of nitrogens with one attached hydrogen (secondary N) is 3. The van der Waals surface area contributed by atoms with E-state index < -0.39 is 11.4 Å². The lowest BCUT2D eigenvalue weighted by atomic mass is 9.85. The number of hydrogen-bond acceptors (Lipinski definition) is 6. The quantitative estimate of drug-likeness (QED) is 0.601. The molecule has 3 atom stereocenters. The summed E-state index contributed by atoms with van der Waals surface area (Å²) in [5.41, 5.74) is 0.275. The molecule has 2 fully saturated rings. The summed E-state index contributed by atoms with van der Waals surface area (Å²) in [6.07, 6.45) is 5.84. The number of carbonyl (C=O) groups is 2. The van der Waals surface area contributed by atoms with Crippen molar-refractivity contribution in [2.45, 2.75) is 50.8 Å². The molecule has 4 rings (SSSR count). The molecular formula is C22H26Cl2N6O3. The van der Waals surface area contributed by atoms with E-state index in [4.69, 9.17) is 21.7 Å². The first-order chi connectivity index (χ1) is 15.3. The Morgan fingerprint density at radius 3 is 2.85 bits per heavy atom. The Balaban J connectivity index is 0.00000306. The Bertz CT molecular complexity index is 1030. The first-order valence-electron chi connectivity index (χ1n) is 10.5. The number of carbonyl (C=O) groups excluding carboxylic acids is 2. The molecule has 2 aliphatic rings. The van der Waals surface area contributed by atoms with E-state index in [0.717, 1.165) is 0 Å². The van der Waals surface area contributed by atoms with Gasteiger partial charge in [-0.2, -0.15) is 0 Å². The summed E-state index contributed by atoms with van der Waals surface area (Å²) in [6, 6.07) is 5.15. The van der Waals surface area contributed by atoms with Crippen molar-refractivity contribution in [2.24, 2.45) is 0 Å². The lowest BCUT2D eigenvalue weighted by molar-refractivity contribution is -0.134. The number of rotatable bonds is 4. The predicted molar refractivity (Wildman–Crippen MR) is 127 cm³/mol. The summed E-state index contributed by atoms with van der Waals surface area (Å²) in [6.45, 7) is 4.38. The molecule has 2 aromatic rings. The number of benzene rings is 1. The normalized spacial score (nSPS) is 25.1. The standard InChI is InChI=1S/C22H25ClN6O3.ClH/c1-13-10-14(6-9-32-13)29-18(30)11-22(2,28-21(29)24)15-4-3-5-16(19(15)23)27-20(31)17-12-25-7-8-26-17;/h3-5,7-8,12-14H,6,9-11H2,1-2H3,(H2,24,28)(H,27,31);1H/t13-,14-,22+;/m1./s1. The van der Waals surface area contributed by atoms with Gasteiger partial charge in [-0.15, -0.1) is 12.4 Å². The van der Waals surface area contributed by atoms with Crippen molar-refractivity contribution in [1.29, 1.82) is 5.41 Å². The molecule has 33 heavy (non-hydrogen) atoms. The summed E-state index contributed by atoms with van der Waals surface area (Å²) < 4.78 is 5.58. The molecule has 11 heteroatoms. The number of amides is 2. The molecule has 2 amide bonds. The van der Waals surface area contributed by atoms with Crippen LogP contribution in [0.3, 0.4) is 0 Å². The van der Waals surface area contributed by atoms with Crippen LogP contribution in [-0.4, -0.2) is 51.4 Å². The van der Waals surface area contributed by atoms with E-state index in [2.05, 4.69) is 20.6 Å². The monoisotopic (exact) mass is 492 g/mol. The largest absolute Gasteiger partial charge is 0.378 e. The number of nitrogens with zero attached hydrogens (tertiary/aromatic N) is 3. The number of aromatic nitrogens is 2. The first kappa shape index (κ1) is 24.9. The minimum absolute atomic E-state index is 0. The summed E-state index contributed by atoms with van der Waals surface area (Å²) in [5.74, 6) is -0.532. The molecule has 1 aromatic heterocycles. The van der Waals surface area contributed by atoms with E-state index in [-0.39, 0.29) is 48.5 Å². The van der Waals surface area contributed by atoms with Crippen LogP contribution >= 0.6 is 24.0 Å². The average molecular weight is 493 g/mol. The summed E-state index contributed by atoms with van der Waals surface area (Å²) >= 11 is 6.66. The maximum atomic E-state index is 13.1. The molecule has 9 nitrogen and oxygen atoms in total. The molecule has 0 radical (unpaired) electrons. The molecule has 3 N–H and O–H groups in total. The van der Waals surface area contributed by atoms with Crippen molar-refractivity contribution in [2.75, 3.05) is 11.9 Å². The van der Waals surface area contributed by atoms with Crippen LogP contribution in [-0.2, 0) is 15.1 Å². The third kappa shape index (κ3) is 5.10. The molecular weight excluding hydrogens is 467 g/mol. The molecule has 3 heterocycles. The third-order valence-electron chi connectivity index (χ3n) is 5.87. The summed E-state index contributed by atoms with van der Waals surface area (Å²) in [7, 11) is 0. The van der Waals surface area contributed by atoms with Gasteiger partial charge in [-0.05, 0) is 38.3 Å². The van der Waals surface area contributed by atoms with Crippen LogP contribution in [0.1, 0.15) is 49.2 Å². The predicted octanol–water partition coefficient (Wildman–Crippen LogP) is 3.34. The van der Waals surface area contributed by atoms with E-state index in [1.165, 1.54) is 23.5 Å². The summed E-state index contributed by atoms with van der Waals surface area (Å²) in [4.78, 5) is 35.1. The smallest absolute Gasteiger partial charge is 0.275 e. The van der Waals surface area contributed by atoms with Crippen LogP contribution in [0.5, 0.6) is 0 Å². The first-order valence-corrected chi connectivity index (χ1v) is 10.8. The van der Waals surface area contributed by atoms with Crippen LogP contribution in [0, 0.1) is 5.41 Å². The maximum Gasteiger partial charge on any atom is 0.275 e. The number of ether oxygens (including phenoxy) is 1. The fourth-order valence-corrected chi connectivity index (χ4v) is 4.67. The van der Waals surface area contributed by atoms with Gasteiger partial charge in [-0.25, -0.2) is 4.98 Å². The van der Waals surface area contributed by atoms with Gasteiger partial charge in [0.2, 0.25) is 5.91 Å². The number of halogens is 2. The van der Waals surface area contributed by atoms with Crippen molar-refractivity contribution >= 4 is 47.5 Å². The lowest BCUT2D eigenvalue weighted by Gasteiger charge is -2.45. The highest BCUT2D eigenvalue weighted by Crippen LogP contribution is 2.38. The second kappa shape index (κ2) is 10.0. The third-order valence-corrected chi connectivity index (χ3v) is 6.28. The average Bonchev–Trinajstić information content (AvgIpc) is 2.75. The van der Waals surface area contributed by atoms with Crippen LogP contribution in [0.2, 0.25) is 5.02 Å². The van der Waals surface area contributed by atoms with Crippen molar-refractivity contribution in [3.63, 3.8) is 0 Å². The highest BCUT2D eigenvalue weighted by Gasteiger charge is 2.43. The molecule has 0 spiro atoms. The molecule has 0 unspecified atom stereocenters. The number of hydrogen-bond donors (Lipinski definition) is 3. The molecule has 1 aromatic carbocycles. The van der Waals surface area contributed by atoms with E-state index >= 15 is 0 Å².